The minimum Gasteiger partial charge on any atom is -0.365 e. The number of hydrogen-bond donors (Lipinski definition) is 2. The maximum atomic E-state index is 12.9. The summed E-state index contributed by atoms with van der Waals surface area (Å²) in [7, 11) is 0. The fraction of sp³-hybridized carbons (Fsp3) is 0.474. The van der Waals surface area contributed by atoms with Crippen LogP contribution in [0, 0.1) is 5.92 Å². The molecular weight excluding hydrogens is 352 g/mol. The van der Waals surface area contributed by atoms with Gasteiger partial charge in [-0.1, -0.05) is 6.92 Å². The molecule has 0 fully saturated rings. The predicted octanol–water partition coefficient (Wildman–Crippen LogP) is 4.16. The number of carbonyl (C=O) groups is 2. The Bertz CT molecular complexity index is 850. The molecule has 4 nitrogen and oxygen atoms in total. The van der Waals surface area contributed by atoms with Gasteiger partial charge in [0, 0.05) is 15.1 Å². The van der Waals surface area contributed by atoms with Crippen molar-refractivity contribution in [1.29, 1.82) is 0 Å². The van der Waals surface area contributed by atoms with Crippen molar-refractivity contribution in [2.45, 2.75) is 51.9 Å². The fourth-order valence-corrected chi connectivity index (χ4v) is 6.49. The molecule has 0 aliphatic heterocycles. The van der Waals surface area contributed by atoms with Gasteiger partial charge >= 0.3 is 0 Å². The van der Waals surface area contributed by atoms with Gasteiger partial charge in [-0.25, -0.2) is 0 Å². The smallest absolute Gasteiger partial charge is 0.257 e. The van der Waals surface area contributed by atoms with E-state index in [0.29, 0.717) is 16.5 Å². The summed E-state index contributed by atoms with van der Waals surface area (Å²) in [5, 5.41) is 5.60. The first-order chi connectivity index (χ1) is 12.0. The number of thiophene rings is 2. The standard InChI is InChI=1S/C19H22N2O2S2/c1-10-6-7-11-13(9-24-15(11)8-10)18(23)21-19-16(17(20)22)12-4-2-3-5-14(12)25-19/h9-10H,2-8H2,1H3,(H2,20,22)(H,21,23)/t10-/m0/s1. The van der Waals surface area contributed by atoms with E-state index >= 15 is 0 Å². The second-order valence-corrected chi connectivity index (χ2v) is 9.20. The van der Waals surface area contributed by atoms with Crippen LogP contribution >= 0.6 is 22.7 Å². The van der Waals surface area contributed by atoms with Gasteiger partial charge < -0.3 is 11.1 Å². The number of anilines is 1. The van der Waals surface area contributed by atoms with Crippen LogP contribution in [0.1, 0.15) is 67.8 Å². The molecular formula is C19H22N2O2S2. The van der Waals surface area contributed by atoms with Crippen LogP contribution in [-0.4, -0.2) is 11.8 Å². The third kappa shape index (κ3) is 3.02. The van der Waals surface area contributed by atoms with E-state index in [1.54, 1.807) is 11.3 Å². The lowest BCUT2D eigenvalue weighted by atomic mass is 9.88. The van der Waals surface area contributed by atoms with Crippen LogP contribution in [0.4, 0.5) is 5.00 Å². The molecule has 2 aliphatic carbocycles. The van der Waals surface area contributed by atoms with Gasteiger partial charge in [0.1, 0.15) is 5.00 Å². The topological polar surface area (TPSA) is 72.2 Å². The minimum absolute atomic E-state index is 0.104. The van der Waals surface area contributed by atoms with Crippen LogP contribution in [0.3, 0.4) is 0 Å². The predicted molar refractivity (Wildman–Crippen MR) is 103 cm³/mol. The van der Waals surface area contributed by atoms with E-state index in [4.69, 9.17) is 5.73 Å². The summed E-state index contributed by atoms with van der Waals surface area (Å²) in [6.07, 6.45) is 7.22. The van der Waals surface area contributed by atoms with Crippen molar-refractivity contribution in [2.24, 2.45) is 11.7 Å². The molecule has 2 heterocycles. The third-order valence-electron chi connectivity index (χ3n) is 5.29. The first kappa shape index (κ1) is 16.8. The molecule has 2 aromatic rings. The summed E-state index contributed by atoms with van der Waals surface area (Å²) >= 11 is 3.21. The van der Waals surface area contributed by atoms with Crippen LogP contribution in [0.5, 0.6) is 0 Å². The van der Waals surface area contributed by atoms with E-state index in [-0.39, 0.29) is 5.91 Å². The summed E-state index contributed by atoms with van der Waals surface area (Å²) in [5.41, 5.74) is 9.18. The Morgan fingerprint density at radius 1 is 1.16 bits per heavy atom. The summed E-state index contributed by atoms with van der Waals surface area (Å²) in [6, 6.07) is 0. The number of hydrogen-bond acceptors (Lipinski definition) is 4. The number of fused-ring (bicyclic) bond motifs is 2. The zero-order chi connectivity index (χ0) is 17.6. The fourth-order valence-electron chi connectivity index (χ4n) is 3.95. The zero-order valence-corrected chi connectivity index (χ0v) is 15.9. The highest BCUT2D eigenvalue weighted by molar-refractivity contribution is 7.17. The van der Waals surface area contributed by atoms with E-state index in [0.717, 1.165) is 56.1 Å². The minimum atomic E-state index is -0.434. The average molecular weight is 375 g/mol. The van der Waals surface area contributed by atoms with Crippen LogP contribution in [0.15, 0.2) is 5.38 Å². The Morgan fingerprint density at radius 3 is 2.76 bits per heavy atom. The number of nitrogens with one attached hydrogen (secondary N) is 1. The van der Waals surface area contributed by atoms with E-state index in [9.17, 15) is 9.59 Å². The van der Waals surface area contributed by atoms with E-state index in [1.165, 1.54) is 26.7 Å². The van der Waals surface area contributed by atoms with Gasteiger partial charge in [0.05, 0.1) is 11.1 Å². The number of primary amides is 1. The van der Waals surface area contributed by atoms with Gasteiger partial charge in [0.25, 0.3) is 11.8 Å². The molecule has 0 unspecified atom stereocenters. The van der Waals surface area contributed by atoms with Crippen LogP contribution in [0.25, 0.3) is 0 Å². The Hall–Kier alpha value is -1.66. The van der Waals surface area contributed by atoms with Gasteiger partial charge in [-0.2, -0.15) is 0 Å². The molecule has 0 bridgehead atoms. The maximum Gasteiger partial charge on any atom is 0.257 e. The lowest BCUT2D eigenvalue weighted by molar-refractivity contribution is 0.100. The molecule has 0 aromatic carbocycles. The Labute approximate surface area is 155 Å². The van der Waals surface area contributed by atoms with Crippen LogP contribution in [-0.2, 0) is 25.7 Å². The van der Waals surface area contributed by atoms with E-state index in [2.05, 4.69) is 12.2 Å². The number of carbonyl (C=O) groups excluding carboxylic acids is 2. The number of aryl methyl sites for hydroxylation is 1. The lowest BCUT2D eigenvalue weighted by Gasteiger charge is -2.18. The number of amides is 2. The maximum absolute atomic E-state index is 12.9. The summed E-state index contributed by atoms with van der Waals surface area (Å²) in [4.78, 5) is 27.4. The molecule has 1 atom stereocenters. The number of rotatable bonds is 3. The van der Waals surface area contributed by atoms with Crippen molar-refractivity contribution in [1.82, 2.24) is 0 Å². The second kappa shape index (κ2) is 6.57. The van der Waals surface area contributed by atoms with Gasteiger partial charge in [0.2, 0.25) is 0 Å². The Balaban J connectivity index is 1.64. The largest absolute Gasteiger partial charge is 0.365 e. The highest BCUT2D eigenvalue weighted by Gasteiger charge is 2.27. The monoisotopic (exact) mass is 374 g/mol. The van der Waals surface area contributed by atoms with Gasteiger partial charge in [-0.15, -0.1) is 22.7 Å². The highest BCUT2D eigenvalue weighted by atomic mass is 32.1. The molecule has 6 heteroatoms. The Kier molecular flexibility index (Phi) is 4.41. The normalized spacial score (nSPS) is 19.2. The van der Waals surface area contributed by atoms with Gasteiger partial charge in [-0.3, -0.25) is 9.59 Å². The molecule has 2 aromatic heterocycles. The molecule has 0 saturated heterocycles. The molecule has 0 spiro atoms. The van der Waals surface area contributed by atoms with E-state index in [1.807, 2.05) is 5.38 Å². The lowest BCUT2D eigenvalue weighted by Crippen LogP contribution is -2.19. The first-order valence-corrected chi connectivity index (χ1v) is 10.6. The zero-order valence-electron chi connectivity index (χ0n) is 14.3. The molecule has 3 N–H and O–H groups in total. The van der Waals surface area contributed by atoms with Crippen molar-refractivity contribution < 1.29 is 9.59 Å². The third-order valence-corrected chi connectivity index (χ3v) is 7.55. The van der Waals surface area contributed by atoms with Gasteiger partial charge in [0.15, 0.2) is 0 Å². The van der Waals surface area contributed by atoms with Crippen molar-refractivity contribution in [3.8, 4) is 0 Å². The van der Waals surface area contributed by atoms with Crippen molar-refractivity contribution in [3.63, 3.8) is 0 Å². The summed E-state index contributed by atoms with van der Waals surface area (Å²) in [5.74, 6) is 0.150. The molecule has 0 saturated carbocycles. The molecule has 25 heavy (non-hydrogen) atoms. The molecule has 0 radical (unpaired) electrons. The van der Waals surface area contributed by atoms with Crippen LogP contribution in [0.2, 0.25) is 0 Å². The molecule has 2 amide bonds. The van der Waals surface area contributed by atoms with Crippen molar-refractivity contribution >= 4 is 39.5 Å². The van der Waals surface area contributed by atoms with Crippen molar-refractivity contribution in [2.75, 3.05) is 5.32 Å². The summed E-state index contributed by atoms with van der Waals surface area (Å²) < 4.78 is 0. The molecule has 132 valence electrons. The van der Waals surface area contributed by atoms with Gasteiger partial charge in [-0.05, 0) is 62.0 Å². The first-order valence-electron chi connectivity index (χ1n) is 8.89. The van der Waals surface area contributed by atoms with Crippen LogP contribution < -0.4 is 11.1 Å². The Morgan fingerprint density at radius 2 is 1.96 bits per heavy atom. The second-order valence-electron chi connectivity index (χ2n) is 7.13. The van der Waals surface area contributed by atoms with E-state index < -0.39 is 5.91 Å². The molecule has 4 rings (SSSR count). The quantitative estimate of drug-likeness (QED) is 0.846. The SMILES string of the molecule is C[C@H]1CCc2c(C(=O)Nc3sc4c(c3C(N)=O)CCCC4)csc2C1. The number of nitrogens with two attached hydrogens (primary N) is 1. The average Bonchev–Trinajstić information content (AvgIpc) is 3.14. The molecule has 2 aliphatic rings. The summed E-state index contributed by atoms with van der Waals surface area (Å²) in [6.45, 7) is 2.26. The van der Waals surface area contributed by atoms with Crippen molar-refractivity contribution in [3.05, 3.63) is 37.4 Å². The highest BCUT2D eigenvalue weighted by Crippen LogP contribution is 2.39.